The lowest BCUT2D eigenvalue weighted by Gasteiger charge is -2.13. The fraction of sp³-hybridized carbons (Fsp3) is 0.727. The smallest absolute Gasteiger partial charge is 0.302 e. The minimum absolute atomic E-state index is 0.0994. The molecule has 0 aliphatic rings. The van der Waals surface area contributed by atoms with Crippen molar-refractivity contribution in [1.82, 2.24) is 0 Å². The topological polar surface area (TPSA) is 66.8 Å². The molecule has 2 N–H and O–H groups in total. The molecule has 0 heterocycles. The minimum Gasteiger partial charge on any atom is -0.466 e. The number of rotatable bonds is 4. The summed E-state index contributed by atoms with van der Waals surface area (Å²) in [6, 6.07) is 0. The van der Waals surface area contributed by atoms with Gasteiger partial charge in [-0.3, -0.25) is 4.79 Å². The van der Waals surface area contributed by atoms with Crippen LogP contribution in [0.1, 0.15) is 13.3 Å². The lowest BCUT2D eigenvalue weighted by Crippen LogP contribution is -2.27. The second-order valence-electron chi connectivity index (χ2n) is 4.66. The first-order chi connectivity index (χ1) is 7.22. The predicted octanol–water partition coefficient (Wildman–Crippen LogP) is 0.542. The first kappa shape index (κ1) is 15.2. The van der Waals surface area contributed by atoms with E-state index in [1.165, 1.54) is 6.92 Å². The van der Waals surface area contributed by atoms with Gasteiger partial charge in [0.1, 0.15) is 14.2 Å². The van der Waals surface area contributed by atoms with Crippen LogP contribution in [0.15, 0.2) is 0 Å². The molecule has 92 valence electrons. The van der Waals surface area contributed by atoms with Crippen molar-refractivity contribution in [3.63, 3.8) is 0 Å². The SMILES string of the molecule is CC(=O)OCCC(O)C(O)C#C[Si](C)(C)C. The zero-order valence-corrected chi connectivity index (χ0v) is 11.3. The van der Waals surface area contributed by atoms with Crippen molar-refractivity contribution < 1.29 is 19.7 Å². The van der Waals surface area contributed by atoms with Crippen molar-refractivity contribution in [3.8, 4) is 11.5 Å². The summed E-state index contributed by atoms with van der Waals surface area (Å²) in [5.41, 5.74) is 2.97. The highest BCUT2D eigenvalue weighted by Crippen LogP contribution is 2.01. The van der Waals surface area contributed by atoms with Crippen LogP contribution in [0.3, 0.4) is 0 Å². The molecule has 0 saturated heterocycles. The predicted molar refractivity (Wildman–Crippen MR) is 64.4 cm³/mol. The molecule has 0 aromatic heterocycles. The molecule has 0 radical (unpaired) electrons. The van der Waals surface area contributed by atoms with Crippen LogP contribution < -0.4 is 0 Å². The first-order valence-electron chi connectivity index (χ1n) is 5.24. The Kier molecular flexibility index (Phi) is 6.34. The van der Waals surface area contributed by atoms with Gasteiger partial charge in [0, 0.05) is 13.3 Å². The van der Waals surface area contributed by atoms with Crippen LogP contribution >= 0.6 is 0 Å². The molecule has 0 bridgehead atoms. The van der Waals surface area contributed by atoms with E-state index in [0.717, 1.165) is 0 Å². The molecule has 16 heavy (non-hydrogen) atoms. The van der Waals surface area contributed by atoms with Gasteiger partial charge in [0.25, 0.3) is 0 Å². The fourth-order valence-corrected chi connectivity index (χ4v) is 1.45. The molecule has 0 amide bonds. The highest BCUT2D eigenvalue weighted by molar-refractivity contribution is 6.83. The number of esters is 1. The summed E-state index contributed by atoms with van der Waals surface area (Å²) in [4.78, 5) is 10.5. The van der Waals surface area contributed by atoms with Crippen LogP contribution in [0, 0.1) is 11.5 Å². The Morgan fingerprint density at radius 1 is 1.38 bits per heavy atom. The second kappa shape index (κ2) is 6.69. The van der Waals surface area contributed by atoms with Gasteiger partial charge in [0.2, 0.25) is 0 Å². The lowest BCUT2D eigenvalue weighted by molar-refractivity contribution is -0.141. The van der Waals surface area contributed by atoms with Gasteiger partial charge in [-0.25, -0.2) is 0 Å². The van der Waals surface area contributed by atoms with E-state index in [4.69, 9.17) is 0 Å². The molecular formula is C11H20O4Si. The number of aliphatic hydroxyl groups excluding tert-OH is 2. The molecular weight excluding hydrogens is 224 g/mol. The van der Waals surface area contributed by atoms with Gasteiger partial charge in [-0.05, 0) is 0 Å². The van der Waals surface area contributed by atoms with E-state index in [9.17, 15) is 15.0 Å². The average molecular weight is 244 g/mol. The van der Waals surface area contributed by atoms with Crippen LogP contribution in [0.4, 0.5) is 0 Å². The number of hydrogen-bond donors (Lipinski definition) is 2. The summed E-state index contributed by atoms with van der Waals surface area (Å²) in [5.74, 6) is 2.24. The summed E-state index contributed by atoms with van der Waals surface area (Å²) >= 11 is 0. The maximum Gasteiger partial charge on any atom is 0.302 e. The van der Waals surface area contributed by atoms with E-state index < -0.39 is 26.3 Å². The molecule has 0 spiro atoms. The third-order valence-corrected chi connectivity index (χ3v) is 2.57. The van der Waals surface area contributed by atoms with Gasteiger partial charge < -0.3 is 14.9 Å². The van der Waals surface area contributed by atoms with Gasteiger partial charge in [-0.2, -0.15) is 0 Å². The molecule has 2 unspecified atom stereocenters. The minimum atomic E-state index is -1.53. The Bertz CT molecular complexity index is 285. The molecule has 4 nitrogen and oxygen atoms in total. The van der Waals surface area contributed by atoms with Crippen molar-refractivity contribution in [3.05, 3.63) is 0 Å². The number of carbonyl (C=O) groups is 1. The molecule has 0 fully saturated rings. The third-order valence-electron chi connectivity index (χ3n) is 1.68. The molecule has 0 aromatic carbocycles. The highest BCUT2D eigenvalue weighted by Gasteiger charge is 2.15. The monoisotopic (exact) mass is 244 g/mol. The van der Waals surface area contributed by atoms with Crippen LogP contribution in [0.25, 0.3) is 0 Å². The number of aliphatic hydroxyl groups is 2. The Morgan fingerprint density at radius 3 is 2.38 bits per heavy atom. The second-order valence-corrected chi connectivity index (χ2v) is 9.41. The molecule has 0 rings (SSSR count). The van der Waals surface area contributed by atoms with Gasteiger partial charge in [-0.1, -0.05) is 25.6 Å². The van der Waals surface area contributed by atoms with Crippen LogP contribution in [0.2, 0.25) is 19.6 Å². The van der Waals surface area contributed by atoms with E-state index in [1.54, 1.807) is 0 Å². The zero-order chi connectivity index (χ0) is 12.8. The Morgan fingerprint density at radius 2 is 1.94 bits per heavy atom. The van der Waals surface area contributed by atoms with E-state index in [2.05, 4.69) is 35.8 Å². The molecule has 0 aliphatic carbocycles. The van der Waals surface area contributed by atoms with E-state index in [0.29, 0.717) is 0 Å². The van der Waals surface area contributed by atoms with Crippen LogP contribution in [0.5, 0.6) is 0 Å². The molecule has 5 heteroatoms. The Labute approximate surface area is 97.6 Å². The molecule has 2 atom stereocenters. The van der Waals surface area contributed by atoms with E-state index in [-0.39, 0.29) is 13.0 Å². The molecule has 0 saturated carbocycles. The van der Waals surface area contributed by atoms with Crippen LogP contribution in [-0.2, 0) is 9.53 Å². The van der Waals surface area contributed by atoms with Crippen molar-refractivity contribution in [2.45, 2.75) is 45.2 Å². The van der Waals surface area contributed by atoms with Crippen LogP contribution in [-0.4, -0.2) is 43.1 Å². The normalized spacial score (nSPS) is 14.6. The van der Waals surface area contributed by atoms with E-state index in [1.807, 2.05) is 0 Å². The average Bonchev–Trinajstić information content (AvgIpc) is 2.12. The van der Waals surface area contributed by atoms with E-state index >= 15 is 0 Å². The molecule has 0 aromatic rings. The van der Waals surface area contributed by atoms with Crippen molar-refractivity contribution >= 4 is 14.0 Å². The number of hydrogen-bond acceptors (Lipinski definition) is 4. The first-order valence-corrected chi connectivity index (χ1v) is 8.74. The maximum atomic E-state index is 10.5. The Hall–Kier alpha value is -0.833. The summed E-state index contributed by atoms with van der Waals surface area (Å²) in [7, 11) is -1.53. The standard InChI is InChI=1S/C11H20O4Si/c1-9(12)15-7-5-10(13)11(14)6-8-16(2,3)4/h10-11,13-14H,5,7H2,1-4H3. The lowest BCUT2D eigenvalue weighted by atomic mass is 10.1. The summed E-state index contributed by atoms with van der Waals surface area (Å²) in [6.45, 7) is 7.56. The largest absolute Gasteiger partial charge is 0.466 e. The highest BCUT2D eigenvalue weighted by atomic mass is 28.3. The van der Waals surface area contributed by atoms with Crippen molar-refractivity contribution in [2.24, 2.45) is 0 Å². The summed E-state index contributed by atoms with van der Waals surface area (Å²) in [5, 5.41) is 19.0. The van der Waals surface area contributed by atoms with Gasteiger partial charge in [-0.15, -0.1) is 5.54 Å². The fourth-order valence-electron chi connectivity index (χ4n) is 0.868. The quantitative estimate of drug-likeness (QED) is 0.430. The number of ether oxygens (including phenoxy) is 1. The van der Waals surface area contributed by atoms with Gasteiger partial charge >= 0.3 is 5.97 Å². The van der Waals surface area contributed by atoms with Crippen molar-refractivity contribution in [2.75, 3.05) is 6.61 Å². The maximum absolute atomic E-state index is 10.5. The van der Waals surface area contributed by atoms with Crippen molar-refractivity contribution in [1.29, 1.82) is 0 Å². The van der Waals surface area contributed by atoms with Gasteiger partial charge in [0.15, 0.2) is 0 Å². The molecule has 0 aliphatic heterocycles. The van der Waals surface area contributed by atoms with Gasteiger partial charge in [0.05, 0.1) is 12.7 Å². The number of carbonyl (C=O) groups excluding carboxylic acids is 1. The summed E-state index contributed by atoms with van der Waals surface area (Å²) < 4.78 is 4.66. The Balaban J connectivity index is 4.02. The zero-order valence-electron chi connectivity index (χ0n) is 10.3. The third kappa shape index (κ3) is 8.47. The summed E-state index contributed by atoms with van der Waals surface area (Å²) in [6.07, 6.45) is -1.84.